The summed E-state index contributed by atoms with van der Waals surface area (Å²) in [5.74, 6) is 0.683. The molecule has 3 rings (SSSR count). The minimum atomic E-state index is -0.250. The third-order valence-corrected chi connectivity index (χ3v) is 4.02. The Bertz CT molecular complexity index is 736. The van der Waals surface area contributed by atoms with E-state index in [1.165, 1.54) is 23.6 Å². The molecule has 0 saturated heterocycles. The Balaban J connectivity index is 0.00000225. The normalized spacial score (nSPS) is 14.0. The summed E-state index contributed by atoms with van der Waals surface area (Å²) in [5.41, 5.74) is 0.878. The number of nitrogens with one attached hydrogen (secondary N) is 2. The SMILES string of the molecule is CC(C)(C)NC(=O)COc1ccc2ccccc2c1CNC1CC1.Cl. The molecule has 136 valence electrons. The van der Waals surface area contributed by atoms with Crippen LogP contribution in [-0.4, -0.2) is 24.1 Å². The van der Waals surface area contributed by atoms with Crippen molar-refractivity contribution in [3.05, 3.63) is 42.0 Å². The molecule has 2 aromatic rings. The van der Waals surface area contributed by atoms with Crippen molar-refractivity contribution in [2.24, 2.45) is 0 Å². The molecule has 0 heterocycles. The van der Waals surface area contributed by atoms with Gasteiger partial charge in [0.2, 0.25) is 0 Å². The maximum atomic E-state index is 12.0. The van der Waals surface area contributed by atoms with Crippen molar-refractivity contribution in [1.82, 2.24) is 10.6 Å². The van der Waals surface area contributed by atoms with E-state index < -0.39 is 0 Å². The van der Waals surface area contributed by atoms with Gasteiger partial charge < -0.3 is 15.4 Å². The Morgan fingerprint density at radius 3 is 2.56 bits per heavy atom. The summed E-state index contributed by atoms with van der Waals surface area (Å²) >= 11 is 0. The molecule has 2 N–H and O–H groups in total. The molecule has 0 aliphatic heterocycles. The van der Waals surface area contributed by atoms with Crippen LogP contribution in [-0.2, 0) is 11.3 Å². The number of amides is 1. The smallest absolute Gasteiger partial charge is 0.258 e. The van der Waals surface area contributed by atoms with E-state index >= 15 is 0 Å². The summed E-state index contributed by atoms with van der Waals surface area (Å²) in [7, 11) is 0. The Kier molecular flexibility index (Phi) is 6.31. The van der Waals surface area contributed by atoms with E-state index in [-0.39, 0.29) is 30.5 Å². The van der Waals surface area contributed by atoms with Crippen LogP contribution in [0.15, 0.2) is 36.4 Å². The Labute approximate surface area is 155 Å². The van der Waals surface area contributed by atoms with Crippen LogP contribution < -0.4 is 15.4 Å². The van der Waals surface area contributed by atoms with Gasteiger partial charge in [0.05, 0.1) is 0 Å². The van der Waals surface area contributed by atoms with E-state index in [1.807, 2.05) is 45.0 Å². The first-order valence-electron chi connectivity index (χ1n) is 8.60. The number of carbonyl (C=O) groups is 1. The van der Waals surface area contributed by atoms with E-state index in [1.54, 1.807) is 0 Å². The molecule has 0 radical (unpaired) electrons. The maximum Gasteiger partial charge on any atom is 0.258 e. The summed E-state index contributed by atoms with van der Waals surface area (Å²) in [6, 6.07) is 12.9. The summed E-state index contributed by atoms with van der Waals surface area (Å²) in [5, 5.41) is 8.85. The van der Waals surface area contributed by atoms with Gasteiger partial charge in [0, 0.05) is 23.7 Å². The number of benzene rings is 2. The monoisotopic (exact) mass is 362 g/mol. The highest BCUT2D eigenvalue weighted by molar-refractivity contribution is 5.88. The molecule has 1 saturated carbocycles. The van der Waals surface area contributed by atoms with Crippen molar-refractivity contribution in [2.75, 3.05) is 6.61 Å². The lowest BCUT2D eigenvalue weighted by Crippen LogP contribution is -2.43. The van der Waals surface area contributed by atoms with E-state index in [0.717, 1.165) is 17.9 Å². The molecular weight excluding hydrogens is 336 g/mol. The molecule has 0 spiro atoms. The van der Waals surface area contributed by atoms with E-state index in [4.69, 9.17) is 4.74 Å². The summed E-state index contributed by atoms with van der Waals surface area (Å²) < 4.78 is 5.85. The van der Waals surface area contributed by atoms with Crippen LogP contribution in [0.1, 0.15) is 39.2 Å². The zero-order valence-corrected chi connectivity index (χ0v) is 15.9. The molecule has 2 aromatic carbocycles. The molecule has 1 amide bonds. The number of rotatable bonds is 6. The largest absolute Gasteiger partial charge is 0.483 e. The first-order valence-corrected chi connectivity index (χ1v) is 8.60. The number of carbonyl (C=O) groups excluding carboxylic acids is 1. The standard InChI is InChI=1S/C20H26N2O2.ClH/c1-20(2,3)22-19(23)13-24-18-11-8-14-6-4-5-7-16(14)17(18)12-21-15-9-10-15;/h4-8,11,15,21H,9-10,12-13H2,1-3H3,(H,22,23);1H. The molecule has 4 nitrogen and oxygen atoms in total. The van der Waals surface area contributed by atoms with E-state index in [2.05, 4.69) is 22.8 Å². The maximum absolute atomic E-state index is 12.0. The Morgan fingerprint density at radius 2 is 1.88 bits per heavy atom. The summed E-state index contributed by atoms with van der Waals surface area (Å²) in [6.45, 7) is 6.69. The van der Waals surface area contributed by atoms with E-state index in [0.29, 0.717) is 6.04 Å². The third-order valence-electron chi connectivity index (χ3n) is 4.02. The second-order valence-corrected chi connectivity index (χ2v) is 7.51. The number of ether oxygens (including phenoxy) is 1. The minimum Gasteiger partial charge on any atom is -0.483 e. The van der Waals surface area contributed by atoms with Crippen LogP contribution in [0.25, 0.3) is 10.8 Å². The lowest BCUT2D eigenvalue weighted by molar-refractivity contribution is -0.124. The van der Waals surface area contributed by atoms with Gasteiger partial charge in [0.15, 0.2) is 6.61 Å². The van der Waals surface area contributed by atoms with Crippen LogP contribution >= 0.6 is 12.4 Å². The minimum absolute atomic E-state index is 0. The van der Waals surface area contributed by atoms with Gasteiger partial charge in [-0.2, -0.15) is 0 Å². The van der Waals surface area contributed by atoms with Crippen LogP contribution in [0.4, 0.5) is 0 Å². The second-order valence-electron chi connectivity index (χ2n) is 7.51. The molecule has 0 atom stereocenters. The van der Waals surface area contributed by atoms with Gasteiger partial charge in [-0.1, -0.05) is 30.3 Å². The van der Waals surface area contributed by atoms with Crippen LogP contribution in [0, 0.1) is 0 Å². The Morgan fingerprint density at radius 1 is 1.16 bits per heavy atom. The quantitative estimate of drug-likeness (QED) is 0.821. The van der Waals surface area contributed by atoms with Gasteiger partial charge in [-0.05, 0) is 50.5 Å². The van der Waals surface area contributed by atoms with E-state index in [9.17, 15) is 4.79 Å². The highest BCUT2D eigenvalue weighted by Gasteiger charge is 2.21. The molecule has 1 aliphatic rings. The Hall–Kier alpha value is -1.78. The molecule has 1 aliphatic carbocycles. The first-order chi connectivity index (χ1) is 11.4. The highest BCUT2D eigenvalue weighted by Crippen LogP contribution is 2.29. The van der Waals surface area contributed by atoms with Gasteiger partial charge in [0.1, 0.15) is 5.75 Å². The number of halogens is 1. The predicted molar refractivity (Wildman–Crippen MR) is 104 cm³/mol. The third kappa shape index (κ3) is 5.62. The van der Waals surface area contributed by atoms with Crippen LogP contribution in [0.5, 0.6) is 5.75 Å². The van der Waals surface area contributed by atoms with Gasteiger partial charge in [-0.25, -0.2) is 0 Å². The van der Waals surface area contributed by atoms with Crippen molar-refractivity contribution in [1.29, 1.82) is 0 Å². The number of hydrogen-bond acceptors (Lipinski definition) is 3. The number of fused-ring (bicyclic) bond motifs is 1. The fraction of sp³-hybridized carbons (Fsp3) is 0.450. The van der Waals surface area contributed by atoms with Crippen LogP contribution in [0.2, 0.25) is 0 Å². The molecule has 25 heavy (non-hydrogen) atoms. The zero-order valence-electron chi connectivity index (χ0n) is 15.1. The number of hydrogen-bond donors (Lipinski definition) is 2. The second kappa shape index (κ2) is 8.07. The molecule has 0 aromatic heterocycles. The van der Waals surface area contributed by atoms with Crippen molar-refractivity contribution in [3.8, 4) is 5.75 Å². The summed E-state index contributed by atoms with van der Waals surface area (Å²) in [4.78, 5) is 12.0. The van der Waals surface area contributed by atoms with Crippen LogP contribution in [0.3, 0.4) is 0 Å². The van der Waals surface area contributed by atoms with Crippen molar-refractivity contribution in [3.63, 3.8) is 0 Å². The van der Waals surface area contributed by atoms with Gasteiger partial charge in [-0.3, -0.25) is 4.79 Å². The molecule has 0 unspecified atom stereocenters. The predicted octanol–water partition coefficient (Wildman–Crippen LogP) is 3.81. The van der Waals surface area contributed by atoms with Crippen molar-refractivity contribution >= 4 is 29.1 Å². The fourth-order valence-corrected chi connectivity index (χ4v) is 2.77. The lowest BCUT2D eigenvalue weighted by Gasteiger charge is -2.21. The van der Waals surface area contributed by atoms with Crippen molar-refractivity contribution in [2.45, 2.75) is 51.7 Å². The molecule has 0 bridgehead atoms. The van der Waals surface area contributed by atoms with Gasteiger partial charge >= 0.3 is 0 Å². The average molecular weight is 363 g/mol. The van der Waals surface area contributed by atoms with Gasteiger partial charge in [0.25, 0.3) is 5.91 Å². The first kappa shape index (κ1) is 19.5. The lowest BCUT2D eigenvalue weighted by atomic mass is 10.0. The fourth-order valence-electron chi connectivity index (χ4n) is 2.77. The average Bonchev–Trinajstić information content (AvgIpc) is 3.33. The van der Waals surface area contributed by atoms with Gasteiger partial charge in [-0.15, -0.1) is 12.4 Å². The molecule has 5 heteroatoms. The topological polar surface area (TPSA) is 50.4 Å². The zero-order chi connectivity index (χ0) is 17.2. The van der Waals surface area contributed by atoms with Crippen molar-refractivity contribution < 1.29 is 9.53 Å². The highest BCUT2D eigenvalue weighted by atomic mass is 35.5. The molecule has 1 fully saturated rings. The molecular formula is C20H27ClN2O2. The summed E-state index contributed by atoms with van der Waals surface area (Å²) in [6.07, 6.45) is 2.49.